The average molecular weight is 272 g/mol. The molecule has 0 radical (unpaired) electrons. The third-order valence-electron chi connectivity index (χ3n) is 3.41. The highest BCUT2D eigenvalue weighted by Gasteiger charge is 2.13. The van der Waals surface area contributed by atoms with E-state index in [2.05, 4.69) is 9.97 Å². The predicted octanol–water partition coefficient (Wildman–Crippen LogP) is 3.19. The van der Waals surface area contributed by atoms with Crippen LogP contribution < -0.4 is 10.3 Å². The van der Waals surface area contributed by atoms with Gasteiger partial charge in [-0.05, 0) is 37.6 Å². The van der Waals surface area contributed by atoms with Crippen molar-refractivity contribution in [1.82, 2.24) is 9.97 Å². The van der Waals surface area contributed by atoms with Crippen LogP contribution in [0.2, 0.25) is 0 Å². The summed E-state index contributed by atoms with van der Waals surface area (Å²) in [5, 5.41) is 0. The van der Waals surface area contributed by atoms with Crippen molar-refractivity contribution in [3.63, 3.8) is 0 Å². The van der Waals surface area contributed by atoms with E-state index >= 15 is 0 Å². The van der Waals surface area contributed by atoms with Crippen molar-refractivity contribution >= 4 is 0 Å². The Balaban J connectivity index is 2.66. The van der Waals surface area contributed by atoms with Crippen LogP contribution in [-0.4, -0.2) is 17.1 Å². The smallest absolute Gasteiger partial charge is 0.254 e. The molecule has 1 N–H and O–H groups in total. The zero-order valence-corrected chi connectivity index (χ0v) is 12.6. The highest BCUT2D eigenvalue weighted by molar-refractivity contribution is 5.67. The Morgan fingerprint density at radius 3 is 2.50 bits per heavy atom. The second kappa shape index (κ2) is 5.49. The molecule has 0 saturated heterocycles. The highest BCUT2D eigenvalue weighted by atomic mass is 16.5. The van der Waals surface area contributed by atoms with E-state index in [1.54, 1.807) is 14.0 Å². The number of hydrogen-bond acceptors (Lipinski definition) is 3. The first-order valence-corrected chi connectivity index (χ1v) is 6.70. The number of methoxy groups -OCH3 is 1. The fraction of sp³-hybridized carbons (Fsp3) is 0.375. The third-order valence-corrected chi connectivity index (χ3v) is 3.41. The quantitative estimate of drug-likeness (QED) is 0.933. The molecule has 1 aromatic carbocycles. The van der Waals surface area contributed by atoms with Gasteiger partial charge in [0.25, 0.3) is 5.56 Å². The molecule has 2 aromatic rings. The van der Waals surface area contributed by atoms with Crippen molar-refractivity contribution in [3.8, 4) is 17.0 Å². The second-order valence-electron chi connectivity index (χ2n) is 5.26. The summed E-state index contributed by atoms with van der Waals surface area (Å²) >= 11 is 0. The number of aryl methyl sites for hydroxylation is 1. The van der Waals surface area contributed by atoms with Crippen molar-refractivity contribution in [1.29, 1.82) is 0 Å². The zero-order valence-electron chi connectivity index (χ0n) is 12.6. The summed E-state index contributed by atoms with van der Waals surface area (Å²) in [5.74, 6) is 1.70. The summed E-state index contributed by atoms with van der Waals surface area (Å²) in [6.45, 7) is 7.82. The summed E-state index contributed by atoms with van der Waals surface area (Å²) in [5.41, 5.74) is 3.32. The minimum absolute atomic E-state index is 0.0751. The fourth-order valence-corrected chi connectivity index (χ4v) is 2.11. The molecule has 0 fully saturated rings. The van der Waals surface area contributed by atoms with Gasteiger partial charge in [0.1, 0.15) is 11.6 Å². The number of rotatable bonds is 3. The predicted molar refractivity (Wildman–Crippen MR) is 80.4 cm³/mol. The monoisotopic (exact) mass is 272 g/mol. The Labute approximate surface area is 118 Å². The fourth-order valence-electron chi connectivity index (χ4n) is 2.11. The summed E-state index contributed by atoms with van der Waals surface area (Å²) in [6.07, 6.45) is 0. The number of benzene rings is 1. The van der Waals surface area contributed by atoms with Crippen LogP contribution in [0.4, 0.5) is 0 Å². The number of aromatic nitrogens is 2. The van der Waals surface area contributed by atoms with E-state index in [4.69, 9.17) is 4.74 Å². The van der Waals surface area contributed by atoms with Gasteiger partial charge in [-0.1, -0.05) is 13.8 Å². The molecule has 2 rings (SSSR count). The van der Waals surface area contributed by atoms with Crippen molar-refractivity contribution in [2.24, 2.45) is 0 Å². The van der Waals surface area contributed by atoms with E-state index in [9.17, 15) is 4.79 Å². The average Bonchev–Trinajstić information content (AvgIpc) is 2.41. The molecule has 1 aromatic heterocycles. The molecule has 0 atom stereocenters. The molecular formula is C16H20N2O2. The van der Waals surface area contributed by atoms with Crippen LogP contribution >= 0.6 is 0 Å². The van der Waals surface area contributed by atoms with Gasteiger partial charge in [-0.2, -0.15) is 0 Å². The molecule has 20 heavy (non-hydrogen) atoms. The largest absolute Gasteiger partial charge is 0.497 e. The first-order chi connectivity index (χ1) is 9.43. The lowest BCUT2D eigenvalue weighted by molar-refractivity contribution is 0.414. The maximum absolute atomic E-state index is 12.1. The summed E-state index contributed by atoms with van der Waals surface area (Å²) < 4.78 is 5.21. The van der Waals surface area contributed by atoms with Crippen molar-refractivity contribution in [2.45, 2.75) is 33.6 Å². The lowest BCUT2D eigenvalue weighted by atomic mass is 10.0. The van der Waals surface area contributed by atoms with Gasteiger partial charge in [-0.3, -0.25) is 4.79 Å². The van der Waals surface area contributed by atoms with Gasteiger partial charge >= 0.3 is 0 Å². The van der Waals surface area contributed by atoms with Crippen LogP contribution in [0.5, 0.6) is 5.75 Å². The minimum atomic E-state index is -0.0751. The van der Waals surface area contributed by atoms with Crippen molar-refractivity contribution < 1.29 is 4.74 Å². The van der Waals surface area contributed by atoms with Crippen LogP contribution in [0.25, 0.3) is 11.3 Å². The molecule has 0 saturated carbocycles. The molecular weight excluding hydrogens is 252 g/mol. The molecule has 0 unspecified atom stereocenters. The van der Waals surface area contributed by atoms with E-state index in [-0.39, 0.29) is 11.5 Å². The summed E-state index contributed by atoms with van der Waals surface area (Å²) in [6, 6.07) is 5.79. The molecule has 0 aliphatic carbocycles. The lowest BCUT2D eigenvalue weighted by Crippen LogP contribution is -2.17. The maximum atomic E-state index is 12.1. The van der Waals surface area contributed by atoms with Crippen molar-refractivity contribution in [3.05, 3.63) is 45.5 Å². The first kappa shape index (κ1) is 14.3. The van der Waals surface area contributed by atoms with E-state index in [1.807, 2.05) is 39.0 Å². The number of nitrogens with zero attached hydrogens (tertiary/aromatic N) is 1. The standard InChI is InChI=1S/C16H20N2O2/c1-9(2)15-17-14(11(4)16(19)18-15)13-7-6-12(20-5)8-10(13)3/h6-9H,1-5H3,(H,17,18,19). The second-order valence-corrected chi connectivity index (χ2v) is 5.26. The molecule has 1 heterocycles. The zero-order chi connectivity index (χ0) is 14.9. The normalized spacial score (nSPS) is 10.9. The van der Waals surface area contributed by atoms with Gasteiger partial charge in [-0.15, -0.1) is 0 Å². The van der Waals surface area contributed by atoms with Crippen LogP contribution in [0.1, 0.15) is 36.7 Å². The highest BCUT2D eigenvalue weighted by Crippen LogP contribution is 2.27. The van der Waals surface area contributed by atoms with Crippen LogP contribution in [0, 0.1) is 13.8 Å². The van der Waals surface area contributed by atoms with Crippen LogP contribution in [-0.2, 0) is 0 Å². The SMILES string of the molecule is COc1ccc(-c2nc(C(C)C)[nH]c(=O)c2C)c(C)c1. The van der Waals surface area contributed by atoms with Crippen molar-refractivity contribution in [2.75, 3.05) is 7.11 Å². The molecule has 4 nitrogen and oxygen atoms in total. The molecule has 0 aliphatic heterocycles. The topological polar surface area (TPSA) is 55.0 Å². The molecule has 106 valence electrons. The number of hydrogen-bond donors (Lipinski definition) is 1. The van der Waals surface area contributed by atoms with E-state index in [0.29, 0.717) is 11.4 Å². The Morgan fingerprint density at radius 1 is 1.25 bits per heavy atom. The van der Waals surface area contributed by atoms with Gasteiger partial charge < -0.3 is 9.72 Å². The van der Waals surface area contributed by atoms with Gasteiger partial charge in [0, 0.05) is 17.0 Å². The van der Waals surface area contributed by atoms with E-state index < -0.39 is 0 Å². The number of aromatic amines is 1. The molecule has 0 aliphatic rings. The minimum Gasteiger partial charge on any atom is -0.497 e. The van der Waals surface area contributed by atoms with Gasteiger partial charge in [-0.25, -0.2) is 4.98 Å². The number of ether oxygens (including phenoxy) is 1. The summed E-state index contributed by atoms with van der Waals surface area (Å²) in [7, 11) is 1.64. The van der Waals surface area contributed by atoms with E-state index in [1.165, 1.54) is 0 Å². The van der Waals surface area contributed by atoms with Crippen LogP contribution in [0.3, 0.4) is 0 Å². The maximum Gasteiger partial charge on any atom is 0.254 e. The first-order valence-electron chi connectivity index (χ1n) is 6.70. The molecule has 0 spiro atoms. The molecule has 4 heteroatoms. The molecule has 0 bridgehead atoms. The van der Waals surface area contributed by atoms with Gasteiger partial charge in [0.2, 0.25) is 0 Å². The van der Waals surface area contributed by atoms with Gasteiger partial charge in [0.15, 0.2) is 0 Å². The van der Waals surface area contributed by atoms with Gasteiger partial charge in [0.05, 0.1) is 12.8 Å². The number of nitrogens with one attached hydrogen (secondary N) is 1. The van der Waals surface area contributed by atoms with Crippen LogP contribution in [0.15, 0.2) is 23.0 Å². The third kappa shape index (κ3) is 2.59. The molecule has 0 amide bonds. The van der Waals surface area contributed by atoms with E-state index in [0.717, 1.165) is 22.6 Å². The lowest BCUT2D eigenvalue weighted by Gasteiger charge is -2.12. The number of H-pyrrole nitrogens is 1. The Kier molecular flexibility index (Phi) is 3.93. The Morgan fingerprint density at radius 2 is 1.95 bits per heavy atom. The Hall–Kier alpha value is -2.10. The summed E-state index contributed by atoms with van der Waals surface area (Å²) in [4.78, 5) is 19.5. The Bertz CT molecular complexity index is 687.